The van der Waals surface area contributed by atoms with Crippen LogP contribution < -0.4 is 5.32 Å². The van der Waals surface area contributed by atoms with Crippen molar-refractivity contribution in [3.63, 3.8) is 0 Å². The summed E-state index contributed by atoms with van der Waals surface area (Å²) >= 11 is 0. The molecule has 0 amide bonds. The molecule has 0 fully saturated rings. The highest BCUT2D eigenvalue weighted by Crippen LogP contribution is 2.17. The number of hydrogen-bond acceptors (Lipinski definition) is 4. The van der Waals surface area contributed by atoms with E-state index in [0.29, 0.717) is 17.4 Å². The number of nitrogens with zero attached hydrogens (tertiary/aromatic N) is 3. The molecule has 0 aromatic carbocycles. The van der Waals surface area contributed by atoms with Gasteiger partial charge >= 0.3 is 0 Å². The molecule has 4 nitrogen and oxygen atoms in total. The molecular formula is C15H24N4. The van der Waals surface area contributed by atoms with E-state index in [2.05, 4.69) is 42.2 Å². The maximum atomic E-state index is 9.18. The summed E-state index contributed by atoms with van der Waals surface area (Å²) in [5.74, 6) is 0.706. The second-order valence-electron chi connectivity index (χ2n) is 5.08. The van der Waals surface area contributed by atoms with Crippen molar-refractivity contribution in [3.8, 4) is 6.07 Å². The Morgan fingerprint density at radius 2 is 2.16 bits per heavy atom. The van der Waals surface area contributed by atoms with E-state index in [1.165, 1.54) is 0 Å². The minimum atomic E-state index is 0.574. The Kier molecular flexibility index (Phi) is 5.78. The van der Waals surface area contributed by atoms with Gasteiger partial charge in [-0.05, 0) is 45.9 Å². The third-order valence-electron chi connectivity index (χ3n) is 3.56. The second kappa shape index (κ2) is 7.10. The largest absolute Gasteiger partial charge is 0.368 e. The number of aryl methyl sites for hydroxylation is 2. The zero-order valence-corrected chi connectivity index (χ0v) is 12.6. The quantitative estimate of drug-likeness (QED) is 0.854. The molecule has 4 heteroatoms. The molecule has 0 bridgehead atoms. The Morgan fingerprint density at radius 1 is 1.47 bits per heavy atom. The molecule has 1 aromatic rings. The smallest absolute Gasteiger partial charge is 0.144 e. The summed E-state index contributed by atoms with van der Waals surface area (Å²) in [6, 6.07) is 4.74. The van der Waals surface area contributed by atoms with Gasteiger partial charge in [0, 0.05) is 24.8 Å². The van der Waals surface area contributed by atoms with Crippen LogP contribution in [-0.2, 0) is 0 Å². The van der Waals surface area contributed by atoms with Gasteiger partial charge in [-0.15, -0.1) is 0 Å². The zero-order valence-electron chi connectivity index (χ0n) is 12.6. The van der Waals surface area contributed by atoms with Crippen molar-refractivity contribution >= 4 is 5.82 Å². The summed E-state index contributed by atoms with van der Waals surface area (Å²) in [7, 11) is 2.12. The highest BCUT2D eigenvalue weighted by Gasteiger charge is 2.09. The van der Waals surface area contributed by atoms with Crippen LogP contribution in [0.25, 0.3) is 0 Å². The van der Waals surface area contributed by atoms with Gasteiger partial charge in [0.25, 0.3) is 0 Å². The van der Waals surface area contributed by atoms with Crippen LogP contribution in [0.15, 0.2) is 6.07 Å². The van der Waals surface area contributed by atoms with E-state index in [4.69, 9.17) is 0 Å². The first kappa shape index (κ1) is 15.5. The number of nitrogens with one attached hydrogen (secondary N) is 1. The van der Waals surface area contributed by atoms with E-state index in [0.717, 1.165) is 30.8 Å². The van der Waals surface area contributed by atoms with Crippen LogP contribution >= 0.6 is 0 Å². The van der Waals surface area contributed by atoms with Crippen LogP contribution in [0.4, 0.5) is 5.82 Å². The summed E-state index contributed by atoms with van der Waals surface area (Å²) in [4.78, 5) is 6.72. The predicted molar refractivity (Wildman–Crippen MR) is 79.3 cm³/mol. The van der Waals surface area contributed by atoms with E-state index >= 15 is 0 Å². The fourth-order valence-corrected chi connectivity index (χ4v) is 1.99. The molecule has 104 valence electrons. The number of anilines is 1. The fourth-order valence-electron chi connectivity index (χ4n) is 1.99. The SMILES string of the molecule is CCC(C)N(C)CCNc1nc(C)cc(C)c1C#N. The number of pyridine rings is 1. The second-order valence-corrected chi connectivity index (χ2v) is 5.08. The standard InChI is InChI=1S/C15H24N4/c1-6-13(4)19(5)8-7-17-15-14(10-16)11(2)9-12(3)18-15/h9,13H,6-8H2,1-5H3,(H,17,18). The van der Waals surface area contributed by atoms with Crippen LogP contribution in [0.1, 0.15) is 37.1 Å². The molecule has 1 aromatic heterocycles. The highest BCUT2D eigenvalue weighted by atomic mass is 15.1. The zero-order chi connectivity index (χ0) is 14.4. The molecule has 0 aliphatic heterocycles. The summed E-state index contributed by atoms with van der Waals surface area (Å²) in [5.41, 5.74) is 2.57. The third-order valence-corrected chi connectivity index (χ3v) is 3.56. The van der Waals surface area contributed by atoms with Gasteiger partial charge in [-0.1, -0.05) is 6.92 Å². The van der Waals surface area contributed by atoms with Crippen molar-refractivity contribution in [2.45, 2.75) is 40.2 Å². The predicted octanol–water partition coefficient (Wildman–Crippen LogP) is 2.71. The number of likely N-dealkylation sites (N-methyl/N-ethyl adjacent to an activating group) is 1. The molecule has 0 aliphatic carbocycles. The molecule has 1 heterocycles. The van der Waals surface area contributed by atoms with Gasteiger partial charge < -0.3 is 10.2 Å². The topological polar surface area (TPSA) is 52.0 Å². The molecule has 0 radical (unpaired) electrons. The van der Waals surface area contributed by atoms with E-state index in [9.17, 15) is 5.26 Å². The van der Waals surface area contributed by atoms with Gasteiger partial charge in [0.1, 0.15) is 11.9 Å². The minimum absolute atomic E-state index is 0.574. The van der Waals surface area contributed by atoms with Crippen molar-refractivity contribution in [1.29, 1.82) is 5.26 Å². The van der Waals surface area contributed by atoms with E-state index in [1.54, 1.807) is 0 Å². The first-order chi connectivity index (χ1) is 8.99. The Morgan fingerprint density at radius 3 is 2.74 bits per heavy atom. The lowest BCUT2D eigenvalue weighted by Crippen LogP contribution is -2.32. The number of rotatable bonds is 6. The Balaban J connectivity index is 2.66. The molecule has 1 unspecified atom stereocenters. The summed E-state index contributed by atoms with van der Waals surface area (Å²) in [5, 5.41) is 12.5. The molecule has 1 atom stereocenters. The van der Waals surface area contributed by atoms with Crippen LogP contribution in [0.5, 0.6) is 0 Å². The molecule has 1 rings (SSSR count). The maximum Gasteiger partial charge on any atom is 0.144 e. The fraction of sp³-hybridized carbons (Fsp3) is 0.600. The summed E-state index contributed by atoms with van der Waals surface area (Å²) in [6.07, 6.45) is 1.14. The van der Waals surface area contributed by atoms with E-state index in [1.807, 2.05) is 19.9 Å². The van der Waals surface area contributed by atoms with E-state index < -0.39 is 0 Å². The molecule has 1 N–H and O–H groups in total. The van der Waals surface area contributed by atoms with Gasteiger partial charge in [-0.25, -0.2) is 4.98 Å². The number of nitriles is 1. The molecular weight excluding hydrogens is 236 g/mol. The van der Waals surface area contributed by atoms with Crippen molar-refractivity contribution in [3.05, 3.63) is 22.9 Å². The molecule has 0 saturated heterocycles. The van der Waals surface area contributed by atoms with Crippen LogP contribution in [0.3, 0.4) is 0 Å². The Bertz CT molecular complexity index is 462. The lowest BCUT2D eigenvalue weighted by atomic mass is 10.1. The van der Waals surface area contributed by atoms with Gasteiger partial charge in [-0.3, -0.25) is 0 Å². The maximum absolute atomic E-state index is 9.18. The summed E-state index contributed by atoms with van der Waals surface area (Å²) in [6.45, 7) is 10.0. The van der Waals surface area contributed by atoms with Crippen LogP contribution in [-0.4, -0.2) is 36.1 Å². The number of hydrogen-bond donors (Lipinski definition) is 1. The van der Waals surface area contributed by atoms with Crippen LogP contribution in [0.2, 0.25) is 0 Å². The lowest BCUT2D eigenvalue weighted by molar-refractivity contribution is 0.261. The lowest BCUT2D eigenvalue weighted by Gasteiger charge is -2.23. The summed E-state index contributed by atoms with van der Waals surface area (Å²) < 4.78 is 0. The molecule has 0 aliphatic rings. The van der Waals surface area contributed by atoms with Crippen molar-refractivity contribution < 1.29 is 0 Å². The van der Waals surface area contributed by atoms with Crippen molar-refractivity contribution in [2.24, 2.45) is 0 Å². The highest BCUT2D eigenvalue weighted by molar-refractivity contribution is 5.56. The average molecular weight is 260 g/mol. The normalized spacial score (nSPS) is 12.3. The monoisotopic (exact) mass is 260 g/mol. The molecule has 0 saturated carbocycles. The van der Waals surface area contributed by atoms with Crippen molar-refractivity contribution in [2.75, 3.05) is 25.5 Å². The van der Waals surface area contributed by atoms with Gasteiger partial charge in [-0.2, -0.15) is 5.26 Å². The van der Waals surface area contributed by atoms with E-state index in [-0.39, 0.29) is 0 Å². The first-order valence-electron chi connectivity index (χ1n) is 6.82. The first-order valence-corrected chi connectivity index (χ1v) is 6.82. The molecule has 0 spiro atoms. The Labute approximate surface area is 116 Å². The molecule has 19 heavy (non-hydrogen) atoms. The average Bonchev–Trinajstić information content (AvgIpc) is 2.37. The third kappa shape index (κ3) is 4.22. The van der Waals surface area contributed by atoms with Crippen LogP contribution in [0, 0.1) is 25.2 Å². The van der Waals surface area contributed by atoms with Gasteiger partial charge in [0.2, 0.25) is 0 Å². The van der Waals surface area contributed by atoms with Gasteiger partial charge in [0.05, 0.1) is 5.56 Å². The number of aromatic nitrogens is 1. The minimum Gasteiger partial charge on any atom is -0.368 e. The Hall–Kier alpha value is -1.60. The van der Waals surface area contributed by atoms with Crippen molar-refractivity contribution in [1.82, 2.24) is 9.88 Å². The van der Waals surface area contributed by atoms with Gasteiger partial charge in [0.15, 0.2) is 0 Å².